The summed E-state index contributed by atoms with van der Waals surface area (Å²) in [5.74, 6) is -1.01. The smallest absolute Gasteiger partial charge is 0.408 e. The van der Waals surface area contributed by atoms with Gasteiger partial charge in [0.05, 0.1) is 17.8 Å². The predicted molar refractivity (Wildman–Crippen MR) is 195 cm³/mol. The summed E-state index contributed by atoms with van der Waals surface area (Å²) in [6.07, 6.45) is -0.0800. The van der Waals surface area contributed by atoms with Gasteiger partial charge in [-0.2, -0.15) is 0 Å². The normalized spacial score (nSPS) is 12.7. The summed E-state index contributed by atoms with van der Waals surface area (Å²) in [4.78, 5) is 53.4. The van der Waals surface area contributed by atoms with Gasteiger partial charge in [0.25, 0.3) is 0 Å². The molecule has 2 unspecified atom stereocenters. The maximum atomic E-state index is 13.2. The Hall–Kier alpha value is -4.28. The Morgan fingerprint density at radius 2 is 1.45 bits per heavy atom. The average Bonchev–Trinajstić information content (AvgIpc) is 2.98. The van der Waals surface area contributed by atoms with E-state index in [4.69, 9.17) is 14.2 Å². The van der Waals surface area contributed by atoms with Gasteiger partial charge in [0, 0.05) is 18.8 Å². The third-order valence-electron chi connectivity index (χ3n) is 7.48. The summed E-state index contributed by atoms with van der Waals surface area (Å²) in [6.45, 7) is 22.3. The lowest BCUT2D eigenvalue weighted by atomic mass is 9.92. The lowest BCUT2D eigenvalue weighted by Crippen LogP contribution is -2.47. The van der Waals surface area contributed by atoms with Gasteiger partial charge in [-0.1, -0.05) is 72.2 Å². The third-order valence-corrected chi connectivity index (χ3v) is 7.48. The molecule has 2 rings (SSSR count). The van der Waals surface area contributed by atoms with Crippen LogP contribution in [0.4, 0.5) is 26.7 Å². The van der Waals surface area contributed by atoms with Crippen LogP contribution in [0.15, 0.2) is 42.5 Å². The highest BCUT2D eigenvalue weighted by Crippen LogP contribution is 2.34. The molecule has 0 saturated heterocycles. The molecule has 0 saturated carbocycles. The fourth-order valence-corrected chi connectivity index (χ4v) is 5.19. The molecule has 2 atom stereocenters. The lowest BCUT2D eigenvalue weighted by molar-refractivity contribution is -0.169. The molecule has 2 aromatic rings. The summed E-state index contributed by atoms with van der Waals surface area (Å²) >= 11 is 0. The Bertz CT molecular complexity index is 1370. The van der Waals surface area contributed by atoms with E-state index in [1.54, 1.807) is 34.6 Å². The number of rotatable bonds is 16. The van der Waals surface area contributed by atoms with E-state index >= 15 is 0 Å². The molecule has 3 amide bonds. The van der Waals surface area contributed by atoms with Crippen molar-refractivity contribution in [1.29, 1.82) is 0 Å². The number of esters is 2. The van der Waals surface area contributed by atoms with E-state index < -0.39 is 36.5 Å². The molecule has 0 aliphatic rings. The van der Waals surface area contributed by atoms with Crippen LogP contribution in [0.25, 0.3) is 0 Å². The molecule has 0 aromatic heterocycles. The van der Waals surface area contributed by atoms with Crippen LogP contribution in [-0.4, -0.2) is 55.6 Å². The van der Waals surface area contributed by atoms with Crippen LogP contribution in [0.2, 0.25) is 0 Å². The van der Waals surface area contributed by atoms with Crippen LogP contribution in [0.3, 0.4) is 0 Å². The summed E-state index contributed by atoms with van der Waals surface area (Å²) in [6, 6.07) is 12.1. The molecule has 49 heavy (non-hydrogen) atoms. The van der Waals surface area contributed by atoms with Gasteiger partial charge >= 0.3 is 24.1 Å². The molecule has 0 heterocycles. The molecule has 11 nitrogen and oxygen atoms in total. The van der Waals surface area contributed by atoms with E-state index in [1.165, 1.54) is 0 Å². The van der Waals surface area contributed by atoms with Crippen LogP contribution in [0.5, 0.6) is 0 Å². The molecule has 11 heteroatoms. The van der Waals surface area contributed by atoms with Crippen LogP contribution >= 0.6 is 0 Å². The standard InChI is InChI=1S/C38H58N4O7/c1-12-28(20-33(43)47-23-48-35(44)34(26(6)7)41-37(46)49-38(9,10)11)29-15-18-32(42(21-24(2)3)22-25(4)5)31(19-29)40-36(45)39-30-16-13-27(8)14-17-30/h13-19,24-26,28,34H,12,20-23H2,1-11H3,(H,41,46)(H2,39,40,45). The van der Waals surface area contributed by atoms with Crippen LogP contribution in [-0.2, 0) is 23.8 Å². The minimum Gasteiger partial charge on any atom is -0.444 e. The van der Waals surface area contributed by atoms with Crippen molar-refractivity contribution in [3.63, 3.8) is 0 Å². The number of hydrogen-bond donors (Lipinski definition) is 3. The molecule has 2 aromatic carbocycles. The van der Waals surface area contributed by atoms with Crippen molar-refractivity contribution >= 4 is 41.1 Å². The van der Waals surface area contributed by atoms with E-state index in [0.29, 0.717) is 29.6 Å². The monoisotopic (exact) mass is 682 g/mol. The van der Waals surface area contributed by atoms with Crippen LogP contribution in [0.1, 0.15) is 99.1 Å². The van der Waals surface area contributed by atoms with Crippen molar-refractivity contribution in [2.75, 3.05) is 35.4 Å². The molecule has 0 radical (unpaired) electrons. The van der Waals surface area contributed by atoms with Gasteiger partial charge in [-0.05, 0) is 87.6 Å². The highest BCUT2D eigenvalue weighted by molar-refractivity contribution is 6.02. The molecule has 3 N–H and O–H groups in total. The number of urea groups is 1. The van der Waals surface area contributed by atoms with Gasteiger partial charge in [-0.3, -0.25) is 4.79 Å². The number of alkyl carbamates (subject to hydrolysis) is 1. The van der Waals surface area contributed by atoms with E-state index in [-0.39, 0.29) is 24.3 Å². The second kappa shape index (κ2) is 19.0. The number of carbonyl (C=O) groups is 4. The first kappa shape index (κ1) is 40.9. The van der Waals surface area contributed by atoms with Crippen molar-refractivity contribution in [3.05, 3.63) is 53.6 Å². The second-order valence-electron chi connectivity index (χ2n) is 14.7. The molecule has 0 spiro atoms. The fraction of sp³-hybridized carbons (Fsp3) is 0.579. The van der Waals surface area contributed by atoms with Crippen LogP contribution in [0, 0.1) is 24.7 Å². The molecular formula is C38H58N4O7. The predicted octanol–water partition coefficient (Wildman–Crippen LogP) is 8.23. The number of carbonyl (C=O) groups excluding carboxylic acids is 4. The number of hydrogen-bond acceptors (Lipinski definition) is 8. The molecule has 0 aliphatic carbocycles. The van der Waals surface area contributed by atoms with Gasteiger partial charge in [0.15, 0.2) is 0 Å². The topological polar surface area (TPSA) is 135 Å². The largest absolute Gasteiger partial charge is 0.444 e. The first-order valence-electron chi connectivity index (χ1n) is 17.2. The molecule has 0 aliphatic heterocycles. The Balaban J connectivity index is 2.20. The van der Waals surface area contributed by atoms with Crippen molar-refractivity contribution in [2.24, 2.45) is 17.8 Å². The summed E-state index contributed by atoms with van der Waals surface area (Å²) in [5, 5.41) is 8.50. The number of aryl methyl sites for hydroxylation is 1. The average molecular weight is 683 g/mol. The lowest BCUT2D eigenvalue weighted by Gasteiger charge is -2.31. The van der Waals surface area contributed by atoms with Crippen LogP contribution < -0.4 is 20.9 Å². The molecule has 0 fully saturated rings. The Labute approximate surface area is 292 Å². The van der Waals surface area contributed by atoms with Crippen molar-refractivity contribution in [2.45, 2.75) is 107 Å². The van der Waals surface area contributed by atoms with Gasteiger partial charge in [0.1, 0.15) is 11.6 Å². The van der Waals surface area contributed by atoms with Crippen molar-refractivity contribution < 1.29 is 33.4 Å². The minimum atomic E-state index is -0.976. The minimum absolute atomic E-state index is 0.0356. The summed E-state index contributed by atoms with van der Waals surface area (Å²) in [7, 11) is 0. The first-order valence-corrected chi connectivity index (χ1v) is 17.2. The number of nitrogens with zero attached hydrogens (tertiary/aromatic N) is 1. The zero-order valence-corrected chi connectivity index (χ0v) is 31.3. The van der Waals surface area contributed by atoms with Gasteiger partial charge in [-0.25, -0.2) is 14.4 Å². The molecule has 272 valence electrons. The third kappa shape index (κ3) is 14.8. The van der Waals surface area contributed by atoms with E-state index in [2.05, 4.69) is 48.5 Å². The number of amides is 3. The van der Waals surface area contributed by atoms with Gasteiger partial charge in [0.2, 0.25) is 6.79 Å². The first-order chi connectivity index (χ1) is 22.9. The maximum absolute atomic E-state index is 13.2. The molecular weight excluding hydrogens is 624 g/mol. The number of nitrogens with one attached hydrogen (secondary N) is 3. The van der Waals surface area contributed by atoms with E-state index in [9.17, 15) is 19.2 Å². The Morgan fingerprint density at radius 1 is 0.837 bits per heavy atom. The SMILES string of the molecule is CCC(CC(=O)OCOC(=O)C(NC(=O)OC(C)(C)C)C(C)C)c1ccc(N(CC(C)C)CC(C)C)c(NC(=O)Nc2ccc(C)cc2)c1. The summed E-state index contributed by atoms with van der Waals surface area (Å²) < 4.78 is 15.7. The van der Waals surface area contributed by atoms with Crippen molar-refractivity contribution in [1.82, 2.24) is 5.32 Å². The number of benzene rings is 2. The fourth-order valence-electron chi connectivity index (χ4n) is 5.19. The Kier molecular flexibility index (Phi) is 15.9. The zero-order chi connectivity index (χ0) is 36.9. The van der Waals surface area contributed by atoms with Gasteiger partial charge in [-0.15, -0.1) is 0 Å². The molecule has 0 bridgehead atoms. The highest BCUT2D eigenvalue weighted by Gasteiger charge is 2.29. The summed E-state index contributed by atoms with van der Waals surface area (Å²) in [5.41, 5.74) is 3.44. The van der Waals surface area contributed by atoms with Gasteiger partial charge < -0.3 is 35.1 Å². The highest BCUT2D eigenvalue weighted by atomic mass is 16.7. The van der Waals surface area contributed by atoms with E-state index in [1.807, 2.05) is 56.3 Å². The van der Waals surface area contributed by atoms with E-state index in [0.717, 1.165) is 29.9 Å². The zero-order valence-electron chi connectivity index (χ0n) is 31.3. The van der Waals surface area contributed by atoms with Crippen molar-refractivity contribution in [3.8, 4) is 0 Å². The quantitative estimate of drug-likeness (QED) is 0.119. The number of ether oxygens (including phenoxy) is 3. The second-order valence-corrected chi connectivity index (χ2v) is 14.7. The Morgan fingerprint density at radius 3 is 1.98 bits per heavy atom. The maximum Gasteiger partial charge on any atom is 0.408 e. The number of anilines is 3.